The van der Waals surface area contributed by atoms with Crippen molar-refractivity contribution < 1.29 is 9.53 Å². The van der Waals surface area contributed by atoms with Crippen LogP contribution in [0.2, 0.25) is 5.02 Å². The molecule has 1 aromatic heterocycles. The first kappa shape index (κ1) is 16.9. The Hall–Kier alpha value is -2.50. The minimum atomic E-state index is -0.236. The van der Waals surface area contributed by atoms with Gasteiger partial charge in [-0.05, 0) is 31.0 Å². The van der Waals surface area contributed by atoms with Gasteiger partial charge in [0.05, 0.1) is 17.5 Å². The number of anilines is 1. The maximum absolute atomic E-state index is 12.4. The van der Waals surface area contributed by atoms with E-state index in [4.69, 9.17) is 16.3 Å². The monoisotopic (exact) mass is 369 g/mol. The summed E-state index contributed by atoms with van der Waals surface area (Å²) in [4.78, 5) is 15.8. The van der Waals surface area contributed by atoms with Crippen molar-refractivity contribution in [2.45, 2.75) is 18.9 Å². The summed E-state index contributed by atoms with van der Waals surface area (Å²) in [6.07, 6.45) is 2.15. The predicted octanol–water partition coefficient (Wildman–Crippen LogP) is 4.79. The van der Waals surface area contributed by atoms with E-state index in [1.807, 2.05) is 48.5 Å². The fourth-order valence-corrected chi connectivity index (χ4v) is 3.40. The number of aromatic nitrogens is 1. The number of hydrogen-bond donors (Lipinski definition) is 3. The van der Waals surface area contributed by atoms with Crippen LogP contribution in [0.25, 0.3) is 22.2 Å². The summed E-state index contributed by atoms with van der Waals surface area (Å²) in [5.41, 5.74) is 3.54. The fraction of sp³-hybridized carbons (Fsp3) is 0.250. The first-order valence-corrected chi connectivity index (χ1v) is 9.11. The average molecular weight is 370 g/mol. The number of aromatic amines is 1. The van der Waals surface area contributed by atoms with Crippen molar-refractivity contribution in [1.29, 1.82) is 0 Å². The number of halogens is 1. The Labute approximate surface area is 156 Å². The lowest BCUT2D eigenvalue weighted by Crippen LogP contribution is -2.35. The molecule has 0 spiro atoms. The van der Waals surface area contributed by atoms with Crippen molar-refractivity contribution in [3.05, 3.63) is 53.6 Å². The fourth-order valence-electron chi connectivity index (χ4n) is 3.27. The number of carbonyl (C=O) groups excluding carboxylic acids is 1. The number of ether oxygens (including phenoxy) is 1. The third kappa shape index (κ3) is 3.54. The van der Waals surface area contributed by atoms with Crippen molar-refractivity contribution in [3.63, 3.8) is 0 Å². The van der Waals surface area contributed by atoms with Gasteiger partial charge >= 0.3 is 6.03 Å². The Morgan fingerprint density at radius 1 is 1.19 bits per heavy atom. The molecule has 2 amide bonds. The predicted molar refractivity (Wildman–Crippen MR) is 105 cm³/mol. The Bertz CT molecular complexity index is 914. The molecule has 1 aliphatic heterocycles. The van der Waals surface area contributed by atoms with E-state index < -0.39 is 0 Å². The van der Waals surface area contributed by atoms with E-state index in [0.717, 1.165) is 47.3 Å². The summed E-state index contributed by atoms with van der Waals surface area (Å²) in [5.74, 6) is 0. The maximum Gasteiger partial charge on any atom is 0.319 e. The zero-order valence-corrected chi connectivity index (χ0v) is 15.0. The Balaban J connectivity index is 1.60. The van der Waals surface area contributed by atoms with Crippen LogP contribution in [0.3, 0.4) is 0 Å². The molecule has 2 heterocycles. The minimum absolute atomic E-state index is 0.111. The lowest BCUT2D eigenvalue weighted by atomic mass is 10.1. The molecule has 0 aliphatic carbocycles. The number of benzene rings is 2. The Kier molecular flexibility index (Phi) is 4.82. The van der Waals surface area contributed by atoms with E-state index in [9.17, 15) is 4.79 Å². The van der Waals surface area contributed by atoms with Crippen LogP contribution < -0.4 is 10.6 Å². The van der Waals surface area contributed by atoms with Gasteiger partial charge in [0, 0.05) is 34.6 Å². The molecule has 1 saturated heterocycles. The second-order valence-corrected chi connectivity index (χ2v) is 6.83. The van der Waals surface area contributed by atoms with Gasteiger partial charge in [-0.1, -0.05) is 41.9 Å². The number of rotatable bonds is 4. The standard InChI is InChI=1S/C20H20ClN3O2/c21-14-9-7-13(8-10-14)18-19(16-5-1-2-6-17(16)23-18)24-20(25)22-12-15-4-3-11-26-15/h1-2,5-10,15,23H,3-4,11-12H2,(H2,22,24,25). The van der Waals surface area contributed by atoms with Crippen LogP contribution in [-0.2, 0) is 4.74 Å². The van der Waals surface area contributed by atoms with Crippen molar-refractivity contribution >= 4 is 34.2 Å². The van der Waals surface area contributed by atoms with E-state index in [1.165, 1.54) is 0 Å². The summed E-state index contributed by atoms with van der Waals surface area (Å²) in [5, 5.41) is 7.54. The van der Waals surface area contributed by atoms with Gasteiger partial charge in [0.2, 0.25) is 0 Å². The molecule has 4 rings (SSSR count). The second-order valence-electron chi connectivity index (χ2n) is 6.40. The number of H-pyrrole nitrogens is 1. The van der Waals surface area contributed by atoms with Gasteiger partial charge in [-0.15, -0.1) is 0 Å². The molecule has 6 heteroatoms. The van der Waals surface area contributed by atoms with Gasteiger partial charge in [-0.2, -0.15) is 0 Å². The number of carbonyl (C=O) groups is 1. The van der Waals surface area contributed by atoms with Crippen molar-refractivity contribution in [2.24, 2.45) is 0 Å². The first-order valence-electron chi connectivity index (χ1n) is 8.74. The summed E-state index contributed by atoms with van der Waals surface area (Å²) in [6.45, 7) is 1.29. The van der Waals surface area contributed by atoms with Crippen LogP contribution in [0.4, 0.5) is 10.5 Å². The minimum Gasteiger partial charge on any atom is -0.376 e. The van der Waals surface area contributed by atoms with E-state index >= 15 is 0 Å². The van der Waals surface area contributed by atoms with Gasteiger partial charge in [0.1, 0.15) is 0 Å². The number of para-hydroxylation sites is 1. The molecule has 2 aromatic carbocycles. The highest BCUT2D eigenvalue weighted by Crippen LogP contribution is 2.35. The number of nitrogens with one attached hydrogen (secondary N) is 3. The SMILES string of the molecule is O=C(NCC1CCCO1)Nc1c(-c2ccc(Cl)cc2)[nH]c2ccccc12. The molecule has 134 valence electrons. The molecule has 1 aliphatic rings. The quantitative estimate of drug-likeness (QED) is 0.619. The highest BCUT2D eigenvalue weighted by molar-refractivity contribution is 6.30. The number of amides is 2. The largest absolute Gasteiger partial charge is 0.376 e. The number of urea groups is 1. The molecule has 1 fully saturated rings. The third-order valence-corrected chi connectivity index (χ3v) is 4.84. The van der Waals surface area contributed by atoms with Crippen LogP contribution >= 0.6 is 11.6 Å². The van der Waals surface area contributed by atoms with Gasteiger partial charge in [-0.3, -0.25) is 0 Å². The molecule has 3 aromatic rings. The molecular weight excluding hydrogens is 350 g/mol. The molecule has 3 N–H and O–H groups in total. The van der Waals surface area contributed by atoms with Crippen LogP contribution in [0.5, 0.6) is 0 Å². The first-order chi connectivity index (χ1) is 12.7. The lowest BCUT2D eigenvalue weighted by Gasteiger charge is -2.12. The number of fused-ring (bicyclic) bond motifs is 1. The average Bonchev–Trinajstić information content (AvgIpc) is 3.29. The van der Waals surface area contributed by atoms with E-state index in [-0.39, 0.29) is 12.1 Å². The Morgan fingerprint density at radius 3 is 2.77 bits per heavy atom. The highest BCUT2D eigenvalue weighted by atomic mass is 35.5. The van der Waals surface area contributed by atoms with Crippen LogP contribution in [0.15, 0.2) is 48.5 Å². The molecule has 0 radical (unpaired) electrons. The lowest BCUT2D eigenvalue weighted by molar-refractivity contribution is 0.112. The van der Waals surface area contributed by atoms with Crippen molar-refractivity contribution in [3.8, 4) is 11.3 Å². The Morgan fingerprint density at radius 2 is 2.00 bits per heavy atom. The van der Waals surface area contributed by atoms with Crippen LogP contribution in [0.1, 0.15) is 12.8 Å². The molecule has 1 unspecified atom stereocenters. The topological polar surface area (TPSA) is 66.2 Å². The molecular formula is C20H20ClN3O2. The third-order valence-electron chi connectivity index (χ3n) is 4.59. The van der Waals surface area contributed by atoms with Crippen LogP contribution in [-0.4, -0.2) is 30.3 Å². The zero-order valence-electron chi connectivity index (χ0n) is 14.2. The summed E-state index contributed by atoms with van der Waals surface area (Å²) < 4.78 is 5.55. The number of hydrogen-bond acceptors (Lipinski definition) is 2. The van der Waals surface area contributed by atoms with Gasteiger partial charge in [-0.25, -0.2) is 4.79 Å². The summed E-state index contributed by atoms with van der Waals surface area (Å²) in [6, 6.07) is 15.2. The molecule has 0 bridgehead atoms. The molecule has 0 saturated carbocycles. The maximum atomic E-state index is 12.4. The van der Waals surface area contributed by atoms with Gasteiger partial charge in [0.15, 0.2) is 0 Å². The van der Waals surface area contributed by atoms with Crippen molar-refractivity contribution in [1.82, 2.24) is 10.3 Å². The van der Waals surface area contributed by atoms with Crippen molar-refractivity contribution in [2.75, 3.05) is 18.5 Å². The van der Waals surface area contributed by atoms with E-state index in [2.05, 4.69) is 15.6 Å². The second kappa shape index (κ2) is 7.40. The molecule has 5 nitrogen and oxygen atoms in total. The molecule has 1 atom stereocenters. The highest BCUT2D eigenvalue weighted by Gasteiger charge is 2.18. The molecule has 26 heavy (non-hydrogen) atoms. The van der Waals surface area contributed by atoms with Gasteiger partial charge < -0.3 is 20.4 Å². The zero-order chi connectivity index (χ0) is 17.9. The van der Waals surface area contributed by atoms with Gasteiger partial charge in [0.25, 0.3) is 0 Å². The smallest absolute Gasteiger partial charge is 0.319 e. The van der Waals surface area contributed by atoms with Crippen LogP contribution in [0, 0.1) is 0 Å². The van der Waals surface area contributed by atoms with E-state index in [1.54, 1.807) is 0 Å². The normalized spacial score (nSPS) is 16.7. The summed E-state index contributed by atoms with van der Waals surface area (Å²) in [7, 11) is 0. The summed E-state index contributed by atoms with van der Waals surface area (Å²) >= 11 is 6.00. The van der Waals surface area contributed by atoms with E-state index in [0.29, 0.717) is 11.6 Å².